The Balaban J connectivity index is 1.31. The van der Waals surface area contributed by atoms with E-state index in [1.165, 1.54) is 11.3 Å². The maximum Gasteiger partial charge on any atom is 0.223 e. The molecule has 1 fully saturated rings. The summed E-state index contributed by atoms with van der Waals surface area (Å²) in [4.78, 5) is 5.43. The van der Waals surface area contributed by atoms with E-state index in [2.05, 4.69) is 57.0 Å². The highest BCUT2D eigenvalue weighted by atomic mass is 35.5. The number of piperazine rings is 1. The van der Waals surface area contributed by atoms with Crippen LogP contribution in [0.4, 0.5) is 11.4 Å². The van der Waals surface area contributed by atoms with Gasteiger partial charge < -0.3 is 14.2 Å². The third kappa shape index (κ3) is 5.66. The topological polar surface area (TPSA) is 50.8 Å². The van der Waals surface area contributed by atoms with Crippen LogP contribution in [0.3, 0.4) is 0 Å². The summed E-state index contributed by atoms with van der Waals surface area (Å²) in [6.45, 7) is 5.04. The third-order valence-corrected chi connectivity index (χ3v) is 6.76. The molecule has 1 atom stereocenters. The monoisotopic (exact) mass is 455 g/mol. The molecule has 5 nitrogen and oxygen atoms in total. The summed E-state index contributed by atoms with van der Waals surface area (Å²) >= 11 is 4.59. The number of nitrogens with one attached hydrogen (secondary N) is 1. The first kappa shape index (κ1) is 21.8. The molecule has 0 aliphatic carbocycles. The summed E-state index contributed by atoms with van der Waals surface area (Å²) < 4.78 is 21.1. The first-order chi connectivity index (χ1) is 15.1. The van der Waals surface area contributed by atoms with Gasteiger partial charge in [-0.2, -0.15) is 0 Å². The van der Waals surface area contributed by atoms with Crippen molar-refractivity contribution in [1.29, 1.82) is 0 Å². The second kappa shape index (κ2) is 10.3. The standard InChI is InChI=1S/C24H26ClN3O2S/c1-30-23-12-9-20(25)17-24(23)31(29)26-21-10-7-19(8-11-21)18-27-13-15-28(16-14-27)22-5-3-2-4-6-22/h2-12,17,26H,13-16,18H2,1H3. The smallest absolute Gasteiger partial charge is 0.223 e. The number of nitrogens with zero attached hydrogens (tertiary/aromatic N) is 2. The molecule has 1 aliphatic rings. The Morgan fingerprint density at radius 3 is 2.35 bits per heavy atom. The molecule has 1 aliphatic heterocycles. The number of para-hydroxylation sites is 1. The fraction of sp³-hybridized carbons (Fsp3) is 0.250. The van der Waals surface area contributed by atoms with Crippen molar-refractivity contribution in [2.75, 3.05) is 42.9 Å². The Bertz CT molecular complexity index is 980. The Morgan fingerprint density at radius 2 is 1.68 bits per heavy atom. The molecule has 1 unspecified atom stereocenters. The molecule has 0 amide bonds. The first-order valence-electron chi connectivity index (χ1n) is 10.3. The van der Waals surface area contributed by atoms with Crippen LogP contribution in [0.25, 0.3) is 0 Å². The lowest BCUT2D eigenvalue weighted by Crippen LogP contribution is -2.45. The summed E-state index contributed by atoms with van der Waals surface area (Å²) in [5, 5.41) is 0.522. The van der Waals surface area contributed by atoms with Gasteiger partial charge >= 0.3 is 0 Å². The zero-order chi connectivity index (χ0) is 21.6. The van der Waals surface area contributed by atoms with Crippen molar-refractivity contribution in [1.82, 2.24) is 4.90 Å². The van der Waals surface area contributed by atoms with Crippen molar-refractivity contribution in [3.8, 4) is 5.75 Å². The molecule has 0 aromatic heterocycles. The molecule has 162 valence electrons. The number of benzene rings is 3. The number of rotatable bonds is 7. The van der Waals surface area contributed by atoms with Gasteiger partial charge in [-0.05, 0) is 42.0 Å². The van der Waals surface area contributed by atoms with Crippen LogP contribution in [0.2, 0.25) is 5.02 Å². The molecule has 0 radical (unpaired) electrons. The summed E-state index contributed by atoms with van der Waals surface area (Å²) in [7, 11) is 1.55. The van der Waals surface area contributed by atoms with E-state index < -0.39 is 11.4 Å². The molecule has 31 heavy (non-hydrogen) atoms. The number of hydrogen-bond donors (Lipinski definition) is 1. The number of hydrogen-bond acceptors (Lipinski definition) is 5. The number of halogens is 1. The highest BCUT2D eigenvalue weighted by molar-refractivity contribution is 7.92. The summed E-state index contributed by atoms with van der Waals surface area (Å²) in [5.74, 6) is 0.543. The third-order valence-electron chi connectivity index (χ3n) is 5.39. The van der Waals surface area contributed by atoms with Crippen molar-refractivity contribution in [3.05, 3.63) is 83.4 Å². The zero-order valence-electron chi connectivity index (χ0n) is 17.5. The molecule has 7 heteroatoms. The molecule has 1 N–H and O–H groups in total. The van der Waals surface area contributed by atoms with Crippen molar-refractivity contribution >= 4 is 34.3 Å². The van der Waals surface area contributed by atoms with Crippen LogP contribution in [-0.4, -0.2) is 42.7 Å². The minimum Gasteiger partial charge on any atom is -0.588 e. The highest BCUT2D eigenvalue weighted by Gasteiger charge is 2.20. The molecule has 1 heterocycles. The molecule has 1 saturated heterocycles. The van der Waals surface area contributed by atoms with E-state index >= 15 is 0 Å². The maximum atomic E-state index is 12.7. The van der Waals surface area contributed by atoms with Gasteiger partial charge in [-0.25, -0.2) is 4.72 Å². The zero-order valence-corrected chi connectivity index (χ0v) is 19.0. The second-order valence-corrected chi connectivity index (χ2v) is 9.08. The highest BCUT2D eigenvalue weighted by Crippen LogP contribution is 2.29. The second-order valence-electron chi connectivity index (χ2n) is 7.46. The Kier molecular flexibility index (Phi) is 7.25. The van der Waals surface area contributed by atoms with Gasteiger partial charge in [0.1, 0.15) is 11.4 Å². The van der Waals surface area contributed by atoms with Gasteiger partial charge in [0, 0.05) is 49.5 Å². The number of ether oxygens (including phenoxy) is 1. The van der Waals surface area contributed by atoms with Crippen molar-refractivity contribution in [3.63, 3.8) is 0 Å². The number of methoxy groups -OCH3 is 1. The average molecular weight is 456 g/mol. The summed E-state index contributed by atoms with van der Waals surface area (Å²) in [6.07, 6.45) is 0. The van der Waals surface area contributed by atoms with Crippen LogP contribution in [0.15, 0.2) is 77.7 Å². The van der Waals surface area contributed by atoms with Gasteiger partial charge in [0.05, 0.1) is 12.8 Å². The largest absolute Gasteiger partial charge is 0.588 e. The van der Waals surface area contributed by atoms with Crippen LogP contribution in [0.1, 0.15) is 5.56 Å². The van der Waals surface area contributed by atoms with Gasteiger partial charge in [-0.15, -0.1) is 0 Å². The van der Waals surface area contributed by atoms with E-state index in [0.29, 0.717) is 15.7 Å². The maximum absolute atomic E-state index is 12.7. The van der Waals surface area contributed by atoms with Crippen LogP contribution in [0, 0.1) is 0 Å². The lowest BCUT2D eigenvalue weighted by molar-refractivity contribution is 0.250. The van der Waals surface area contributed by atoms with Gasteiger partial charge in [-0.3, -0.25) is 4.90 Å². The van der Waals surface area contributed by atoms with Crippen molar-refractivity contribution in [2.45, 2.75) is 11.4 Å². The van der Waals surface area contributed by atoms with E-state index in [9.17, 15) is 4.55 Å². The van der Waals surface area contributed by atoms with Crippen LogP contribution in [0.5, 0.6) is 5.75 Å². The SMILES string of the molecule is COc1ccc(Cl)cc1[S+]([O-])Nc1ccc(CN2CCN(c3ccccc3)CC2)cc1. The van der Waals surface area contributed by atoms with Crippen LogP contribution < -0.4 is 14.4 Å². The van der Waals surface area contributed by atoms with Gasteiger partial charge in [0.15, 0.2) is 5.75 Å². The van der Waals surface area contributed by atoms with Crippen LogP contribution in [-0.2, 0) is 17.9 Å². The average Bonchev–Trinajstić information content (AvgIpc) is 2.81. The lowest BCUT2D eigenvalue weighted by atomic mass is 10.1. The Morgan fingerprint density at radius 1 is 0.968 bits per heavy atom. The minimum absolute atomic E-state index is 0.522. The predicted octanol–water partition coefficient (Wildman–Crippen LogP) is 4.81. The summed E-state index contributed by atoms with van der Waals surface area (Å²) in [5.41, 5.74) is 3.32. The van der Waals surface area contributed by atoms with E-state index in [-0.39, 0.29) is 0 Å². The predicted molar refractivity (Wildman–Crippen MR) is 128 cm³/mol. The molecule has 3 aromatic carbocycles. The van der Waals surface area contributed by atoms with Gasteiger partial charge in [0.2, 0.25) is 4.90 Å². The lowest BCUT2D eigenvalue weighted by Gasteiger charge is -2.36. The van der Waals surface area contributed by atoms with Crippen molar-refractivity contribution in [2.24, 2.45) is 0 Å². The van der Waals surface area contributed by atoms with E-state index in [4.69, 9.17) is 16.3 Å². The molecule has 3 aromatic rings. The Hall–Kier alpha value is -2.38. The molecule has 4 rings (SSSR count). The van der Waals surface area contributed by atoms with Gasteiger partial charge in [-0.1, -0.05) is 41.9 Å². The molecular weight excluding hydrogens is 430 g/mol. The quantitative estimate of drug-likeness (QED) is 0.518. The van der Waals surface area contributed by atoms with Crippen molar-refractivity contribution < 1.29 is 9.29 Å². The van der Waals surface area contributed by atoms with E-state index in [0.717, 1.165) is 38.4 Å². The van der Waals surface area contributed by atoms with Gasteiger partial charge in [0.25, 0.3) is 0 Å². The van der Waals surface area contributed by atoms with E-state index in [1.807, 2.05) is 12.1 Å². The Labute approximate surface area is 191 Å². The molecule has 0 saturated carbocycles. The molecular formula is C24H26ClN3O2S. The summed E-state index contributed by atoms with van der Waals surface area (Å²) in [6, 6.07) is 23.8. The van der Waals surface area contributed by atoms with E-state index in [1.54, 1.807) is 25.3 Å². The fourth-order valence-corrected chi connectivity index (χ4v) is 4.96. The molecule has 0 bridgehead atoms. The minimum atomic E-state index is -1.47. The number of anilines is 2. The molecule has 0 spiro atoms. The normalized spacial score (nSPS) is 15.5. The fourth-order valence-electron chi connectivity index (χ4n) is 3.70. The first-order valence-corrected chi connectivity index (χ1v) is 11.8. The van der Waals surface area contributed by atoms with Crippen LogP contribution >= 0.6 is 11.6 Å².